The molecular weight excluding hydrogens is 468 g/mol. The molecule has 0 atom stereocenters. The molecule has 0 aliphatic carbocycles. The van der Waals surface area contributed by atoms with Gasteiger partial charge in [0.2, 0.25) is 0 Å². The van der Waals surface area contributed by atoms with Crippen molar-refractivity contribution < 1.29 is 4.79 Å². The lowest BCUT2D eigenvalue weighted by molar-refractivity contribution is 0.0730. The molecule has 0 radical (unpaired) electrons. The van der Waals surface area contributed by atoms with Gasteiger partial charge in [-0.05, 0) is 42.3 Å². The lowest BCUT2D eigenvalue weighted by Gasteiger charge is -2.24. The Morgan fingerprint density at radius 2 is 1.24 bits per heavy atom. The quantitative estimate of drug-likeness (QED) is 0.236. The number of rotatable bonds is 8. The second-order valence-corrected chi connectivity index (χ2v) is 9.63. The number of amides is 1. The maximum atomic E-state index is 14.5. The summed E-state index contributed by atoms with van der Waals surface area (Å²) in [5.74, 6) is -0.0379. The first-order chi connectivity index (χ1) is 18.5. The summed E-state index contributed by atoms with van der Waals surface area (Å²) in [4.78, 5) is 18.4. The van der Waals surface area contributed by atoms with Gasteiger partial charge in [0.05, 0.1) is 16.9 Å². The molecule has 1 heterocycles. The fourth-order valence-electron chi connectivity index (χ4n) is 4.66. The molecule has 0 aliphatic rings. The van der Waals surface area contributed by atoms with Crippen molar-refractivity contribution in [2.24, 2.45) is 0 Å². The van der Waals surface area contributed by atoms with Crippen LogP contribution in [0.1, 0.15) is 27.2 Å². The highest BCUT2D eigenvalue weighted by atomic mass is 16.2. The minimum atomic E-state index is -0.0379. The van der Waals surface area contributed by atoms with Gasteiger partial charge in [-0.1, -0.05) is 91.0 Å². The molecule has 5 nitrogen and oxygen atoms in total. The molecule has 5 rings (SSSR count). The van der Waals surface area contributed by atoms with Gasteiger partial charge >= 0.3 is 0 Å². The number of hydrogen-bond donors (Lipinski definition) is 0. The van der Waals surface area contributed by atoms with Crippen molar-refractivity contribution in [1.29, 1.82) is 0 Å². The Morgan fingerprint density at radius 1 is 0.711 bits per heavy atom. The summed E-state index contributed by atoms with van der Waals surface area (Å²) >= 11 is 0. The monoisotopic (exact) mass is 500 g/mol. The topological polar surface area (TPSA) is 41.4 Å². The van der Waals surface area contributed by atoms with E-state index in [0.29, 0.717) is 24.3 Å². The predicted octanol–water partition coefficient (Wildman–Crippen LogP) is 6.76. The van der Waals surface area contributed by atoms with E-state index in [2.05, 4.69) is 41.3 Å². The largest absolute Gasteiger partial charge is 0.378 e. The number of benzene rings is 4. The Morgan fingerprint density at radius 3 is 1.82 bits per heavy atom. The van der Waals surface area contributed by atoms with Crippen molar-refractivity contribution in [2.45, 2.75) is 20.0 Å². The van der Waals surface area contributed by atoms with E-state index in [1.165, 1.54) is 0 Å². The molecule has 5 aromatic rings. The Balaban J connectivity index is 1.59. The van der Waals surface area contributed by atoms with Crippen LogP contribution in [0, 0.1) is 6.92 Å². The molecule has 0 fully saturated rings. The first kappa shape index (κ1) is 25.0. The molecule has 190 valence electrons. The average Bonchev–Trinajstić information content (AvgIpc) is 3.31. The number of carbonyl (C=O) groups is 1. The fraction of sp³-hybridized carbons (Fsp3) is 0.152. The van der Waals surface area contributed by atoms with Crippen molar-refractivity contribution in [3.8, 4) is 16.9 Å². The van der Waals surface area contributed by atoms with E-state index >= 15 is 0 Å². The smallest absolute Gasteiger partial charge is 0.258 e. The molecule has 1 aromatic heterocycles. The van der Waals surface area contributed by atoms with E-state index in [1.807, 2.05) is 109 Å². The average molecular weight is 501 g/mol. The number of hydrogen-bond acceptors (Lipinski definition) is 3. The molecule has 38 heavy (non-hydrogen) atoms. The summed E-state index contributed by atoms with van der Waals surface area (Å²) in [6, 6.07) is 38.5. The van der Waals surface area contributed by atoms with E-state index in [-0.39, 0.29) is 5.91 Å². The lowest BCUT2D eigenvalue weighted by atomic mass is 10.0. The molecule has 0 spiro atoms. The van der Waals surface area contributed by atoms with Crippen LogP contribution in [0.5, 0.6) is 0 Å². The van der Waals surface area contributed by atoms with Gasteiger partial charge < -0.3 is 9.80 Å². The van der Waals surface area contributed by atoms with Gasteiger partial charge in [-0.15, -0.1) is 0 Å². The van der Waals surface area contributed by atoms with Gasteiger partial charge in [-0.25, -0.2) is 4.68 Å². The number of nitrogens with zero attached hydrogens (tertiary/aromatic N) is 4. The predicted molar refractivity (Wildman–Crippen MR) is 155 cm³/mol. The molecule has 0 saturated carbocycles. The first-order valence-corrected chi connectivity index (χ1v) is 12.8. The van der Waals surface area contributed by atoms with Crippen LogP contribution in [0.3, 0.4) is 0 Å². The third-order valence-corrected chi connectivity index (χ3v) is 6.71. The second-order valence-electron chi connectivity index (χ2n) is 9.63. The summed E-state index contributed by atoms with van der Waals surface area (Å²) in [5, 5.41) is 4.96. The van der Waals surface area contributed by atoms with E-state index in [4.69, 9.17) is 5.10 Å². The number of carbonyl (C=O) groups excluding carboxylic acids is 1. The standard InChI is InChI=1S/C33H32N4O/c1-25-31(32(28-15-9-5-10-16-28)34-37(25)30-17-11-6-12-18-30)33(38)36(23-26-13-7-4-8-14-26)24-27-19-21-29(22-20-27)35(2)3/h4-22H,23-24H2,1-3H3. The van der Waals surface area contributed by atoms with Crippen LogP contribution in [0.15, 0.2) is 115 Å². The highest BCUT2D eigenvalue weighted by Crippen LogP contribution is 2.29. The molecule has 0 N–H and O–H groups in total. The van der Waals surface area contributed by atoms with Crippen molar-refractivity contribution >= 4 is 11.6 Å². The zero-order valence-corrected chi connectivity index (χ0v) is 22.1. The molecule has 5 heteroatoms. The molecule has 0 saturated heterocycles. The Kier molecular flexibility index (Phi) is 7.36. The summed E-state index contributed by atoms with van der Waals surface area (Å²) in [6.45, 7) is 2.97. The highest BCUT2D eigenvalue weighted by molar-refractivity contribution is 6.01. The van der Waals surface area contributed by atoms with Crippen molar-refractivity contribution in [2.75, 3.05) is 19.0 Å². The van der Waals surface area contributed by atoms with Gasteiger partial charge in [-0.2, -0.15) is 5.10 Å². The fourth-order valence-corrected chi connectivity index (χ4v) is 4.66. The summed E-state index contributed by atoms with van der Waals surface area (Å²) in [6.07, 6.45) is 0. The van der Waals surface area contributed by atoms with Gasteiger partial charge in [-0.3, -0.25) is 4.79 Å². The van der Waals surface area contributed by atoms with E-state index in [1.54, 1.807) is 0 Å². The maximum absolute atomic E-state index is 14.5. The molecule has 0 unspecified atom stereocenters. The first-order valence-electron chi connectivity index (χ1n) is 12.8. The highest BCUT2D eigenvalue weighted by Gasteiger charge is 2.27. The van der Waals surface area contributed by atoms with Crippen molar-refractivity contribution in [1.82, 2.24) is 14.7 Å². The van der Waals surface area contributed by atoms with Gasteiger partial charge in [0.15, 0.2) is 0 Å². The third kappa shape index (κ3) is 5.37. The number of aromatic nitrogens is 2. The van der Waals surface area contributed by atoms with Crippen LogP contribution in [0.25, 0.3) is 16.9 Å². The molecular formula is C33H32N4O. The van der Waals surface area contributed by atoms with Gasteiger partial charge in [0.25, 0.3) is 5.91 Å². The van der Waals surface area contributed by atoms with E-state index in [0.717, 1.165) is 33.8 Å². The van der Waals surface area contributed by atoms with Crippen LogP contribution in [-0.4, -0.2) is 34.7 Å². The Hall–Kier alpha value is -4.64. The van der Waals surface area contributed by atoms with E-state index < -0.39 is 0 Å². The maximum Gasteiger partial charge on any atom is 0.258 e. The molecule has 4 aromatic carbocycles. The third-order valence-electron chi connectivity index (χ3n) is 6.71. The Bertz CT molecular complexity index is 1490. The summed E-state index contributed by atoms with van der Waals surface area (Å²) in [7, 11) is 4.05. The zero-order chi connectivity index (χ0) is 26.5. The minimum Gasteiger partial charge on any atom is -0.378 e. The van der Waals surface area contributed by atoms with Gasteiger partial charge in [0.1, 0.15) is 5.69 Å². The van der Waals surface area contributed by atoms with Crippen molar-refractivity contribution in [3.63, 3.8) is 0 Å². The van der Waals surface area contributed by atoms with Crippen LogP contribution in [-0.2, 0) is 13.1 Å². The van der Waals surface area contributed by atoms with Crippen LogP contribution < -0.4 is 4.90 Å². The molecule has 1 amide bonds. The normalized spacial score (nSPS) is 10.8. The van der Waals surface area contributed by atoms with Gasteiger partial charge in [0, 0.05) is 38.4 Å². The number of anilines is 1. The second kappa shape index (κ2) is 11.2. The van der Waals surface area contributed by atoms with Crippen LogP contribution in [0.2, 0.25) is 0 Å². The number of para-hydroxylation sites is 1. The van der Waals surface area contributed by atoms with Crippen LogP contribution in [0.4, 0.5) is 5.69 Å². The Labute approximate surface area is 224 Å². The lowest BCUT2D eigenvalue weighted by Crippen LogP contribution is -2.31. The van der Waals surface area contributed by atoms with Crippen LogP contribution >= 0.6 is 0 Å². The van der Waals surface area contributed by atoms with Crippen molar-refractivity contribution in [3.05, 3.63) is 138 Å². The zero-order valence-electron chi connectivity index (χ0n) is 22.1. The summed E-state index contributed by atoms with van der Waals surface area (Å²) in [5.41, 5.74) is 7.27. The SMILES string of the molecule is Cc1c(C(=O)N(Cc2ccccc2)Cc2ccc(N(C)C)cc2)c(-c2ccccc2)nn1-c1ccccc1. The van der Waals surface area contributed by atoms with E-state index in [9.17, 15) is 4.79 Å². The molecule has 0 aliphatic heterocycles. The summed E-state index contributed by atoms with van der Waals surface area (Å²) < 4.78 is 1.88. The minimum absolute atomic E-state index is 0.0379. The molecule has 0 bridgehead atoms.